The number of carbonyl (C=O) groups is 2. The molecule has 1 fully saturated rings. The lowest BCUT2D eigenvalue weighted by atomic mass is 10.0. The number of aldehydes is 1. The van der Waals surface area contributed by atoms with E-state index in [-0.39, 0.29) is 41.5 Å². The number of rotatable bonds is 6. The minimum atomic E-state index is -0.316. The first-order valence-corrected chi connectivity index (χ1v) is 9.26. The van der Waals surface area contributed by atoms with E-state index in [1.807, 2.05) is 13.8 Å². The number of nitrogens with zero attached hydrogens (tertiary/aromatic N) is 2. The standard InChI is InChI=1S/C21H24N2O5/c1-14(2)20-16(5-4-8-22-20)21(26)23-9-10-27-12-15(23)13-28-19-7-3-6-18(25)17(19)11-24/h3-8,11,14-15,25H,9-10,12-13H2,1-2H3/t15-/m0/s1. The minimum Gasteiger partial charge on any atom is -0.507 e. The molecule has 0 unspecified atom stereocenters. The molecule has 2 heterocycles. The Labute approximate surface area is 163 Å². The highest BCUT2D eigenvalue weighted by Crippen LogP contribution is 2.26. The molecule has 0 spiro atoms. The van der Waals surface area contributed by atoms with Crippen molar-refractivity contribution in [3.63, 3.8) is 0 Å². The van der Waals surface area contributed by atoms with Gasteiger partial charge in [-0.1, -0.05) is 19.9 Å². The molecule has 7 nitrogen and oxygen atoms in total. The van der Waals surface area contributed by atoms with Crippen LogP contribution in [-0.2, 0) is 4.74 Å². The van der Waals surface area contributed by atoms with Gasteiger partial charge in [-0.15, -0.1) is 0 Å². The minimum absolute atomic E-state index is 0.0893. The van der Waals surface area contributed by atoms with Crippen LogP contribution in [-0.4, -0.2) is 59.6 Å². The van der Waals surface area contributed by atoms with Crippen molar-refractivity contribution in [3.8, 4) is 11.5 Å². The molecule has 0 radical (unpaired) electrons. The van der Waals surface area contributed by atoms with Crippen LogP contribution < -0.4 is 4.74 Å². The second-order valence-electron chi connectivity index (χ2n) is 6.94. The molecule has 0 bridgehead atoms. The van der Waals surface area contributed by atoms with E-state index >= 15 is 0 Å². The molecule has 1 amide bonds. The van der Waals surface area contributed by atoms with Gasteiger partial charge in [-0.2, -0.15) is 0 Å². The topological polar surface area (TPSA) is 89.0 Å². The van der Waals surface area contributed by atoms with Gasteiger partial charge in [0.05, 0.1) is 36.1 Å². The number of pyridine rings is 1. The number of aromatic hydroxyl groups is 1. The Balaban J connectivity index is 1.79. The van der Waals surface area contributed by atoms with Crippen molar-refractivity contribution in [1.29, 1.82) is 0 Å². The van der Waals surface area contributed by atoms with Crippen LogP contribution in [0.5, 0.6) is 11.5 Å². The quantitative estimate of drug-likeness (QED) is 0.770. The predicted octanol–water partition coefficient (Wildman–Crippen LogP) is 2.64. The Bertz CT molecular complexity index is 852. The van der Waals surface area contributed by atoms with Gasteiger partial charge in [0.2, 0.25) is 0 Å². The number of phenolic OH excluding ortho intramolecular Hbond substituents is 1. The highest BCUT2D eigenvalue weighted by molar-refractivity contribution is 5.95. The third-order valence-corrected chi connectivity index (χ3v) is 4.70. The van der Waals surface area contributed by atoms with Crippen molar-refractivity contribution in [2.24, 2.45) is 0 Å². The van der Waals surface area contributed by atoms with Crippen LogP contribution in [0.1, 0.15) is 46.2 Å². The Hall–Kier alpha value is -2.93. The zero-order valence-electron chi connectivity index (χ0n) is 16.0. The summed E-state index contributed by atoms with van der Waals surface area (Å²) < 4.78 is 11.3. The fraction of sp³-hybridized carbons (Fsp3) is 0.381. The van der Waals surface area contributed by atoms with E-state index in [9.17, 15) is 14.7 Å². The third kappa shape index (κ3) is 4.14. The van der Waals surface area contributed by atoms with Crippen LogP contribution in [0.4, 0.5) is 0 Å². The summed E-state index contributed by atoms with van der Waals surface area (Å²) in [4.78, 5) is 30.5. The molecule has 1 atom stereocenters. The summed E-state index contributed by atoms with van der Waals surface area (Å²) in [6, 6.07) is 7.86. The van der Waals surface area contributed by atoms with Gasteiger partial charge < -0.3 is 19.5 Å². The van der Waals surface area contributed by atoms with Crippen molar-refractivity contribution in [3.05, 3.63) is 53.3 Å². The van der Waals surface area contributed by atoms with Crippen molar-refractivity contribution in [1.82, 2.24) is 9.88 Å². The number of amides is 1. The highest BCUT2D eigenvalue weighted by atomic mass is 16.5. The van der Waals surface area contributed by atoms with Crippen molar-refractivity contribution < 1.29 is 24.2 Å². The van der Waals surface area contributed by atoms with Crippen molar-refractivity contribution in [2.45, 2.75) is 25.8 Å². The zero-order valence-corrected chi connectivity index (χ0v) is 16.0. The number of aromatic nitrogens is 1. The molecule has 1 saturated heterocycles. The van der Waals surface area contributed by atoms with Gasteiger partial charge in [0, 0.05) is 12.7 Å². The van der Waals surface area contributed by atoms with Gasteiger partial charge >= 0.3 is 0 Å². The van der Waals surface area contributed by atoms with E-state index in [1.54, 1.807) is 35.4 Å². The lowest BCUT2D eigenvalue weighted by Crippen LogP contribution is -2.51. The van der Waals surface area contributed by atoms with Gasteiger partial charge in [-0.05, 0) is 30.2 Å². The lowest BCUT2D eigenvalue weighted by molar-refractivity contribution is -0.0152. The number of carbonyl (C=O) groups excluding carboxylic acids is 2. The Morgan fingerprint density at radius 2 is 2.21 bits per heavy atom. The largest absolute Gasteiger partial charge is 0.507 e. The molecule has 2 aromatic rings. The monoisotopic (exact) mass is 384 g/mol. The summed E-state index contributed by atoms with van der Waals surface area (Å²) in [6.45, 7) is 5.38. The van der Waals surface area contributed by atoms with Crippen LogP contribution in [0.15, 0.2) is 36.5 Å². The first-order chi connectivity index (χ1) is 13.5. The number of hydrogen-bond donors (Lipinski definition) is 1. The second kappa shape index (κ2) is 8.84. The van der Waals surface area contributed by atoms with Crippen molar-refractivity contribution in [2.75, 3.05) is 26.4 Å². The van der Waals surface area contributed by atoms with E-state index in [1.165, 1.54) is 6.07 Å². The number of phenols is 1. The van der Waals surface area contributed by atoms with E-state index in [0.29, 0.717) is 31.6 Å². The smallest absolute Gasteiger partial charge is 0.256 e. The van der Waals surface area contributed by atoms with Crippen LogP contribution in [0.3, 0.4) is 0 Å². The summed E-state index contributed by atoms with van der Waals surface area (Å²) in [6.07, 6.45) is 2.24. The van der Waals surface area contributed by atoms with Gasteiger partial charge in [-0.25, -0.2) is 0 Å². The predicted molar refractivity (Wildman–Crippen MR) is 103 cm³/mol. The van der Waals surface area contributed by atoms with Gasteiger partial charge in [0.15, 0.2) is 6.29 Å². The first kappa shape index (κ1) is 19.8. The summed E-state index contributed by atoms with van der Waals surface area (Å²) in [5.74, 6) is 0.146. The molecule has 0 aliphatic carbocycles. The zero-order chi connectivity index (χ0) is 20.1. The average molecular weight is 384 g/mol. The third-order valence-electron chi connectivity index (χ3n) is 4.70. The SMILES string of the molecule is CC(C)c1ncccc1C(=O)N1CCOC[C@H]1COc1cccc(O)c1C=O. The molecule has 1 aliphatic heterocycles. The van der Waals surface area contributed by atoms with Crippen LogP contribution in [0, 0.1) is 0 Å². The summed E-state index contributed by atoms with van der Waals surface area (Å²) >= 11 is 0. The Kier molecular flexibility index (Phi) is 6.26. The molecule has 7 heteroatoms. The number of ether oxygens (including phenoxy) is 2. The highest BCUT2D eigenvalue weighted by Gasteiger charge is 2.30. The lowest BCUT2D eigenvalue weighted by Gasteiger charge is -2.36. The summed E-state index contributed by atoms with van der Waals surface area (Å²) in [7, 11) is 0. The van der Waals surface area contributed by atoms with Gasteiger partial charge in [0.25, 0.3) is 5.91 Å². The van der Waals surface area contributed by atoms with E-state index in [2.05, 4.69) is 4.98 Å². The molecule has 1 aromatic heterocycles. The first-order valence-electron chi connectivity index (χ1n) is 9.26. The van der Waals surface area contributed by atoms with E-state index < -0.39 is 0 Å². The number of hydrogen-bond acceptors (Lipinski definition) is 6. The molecule has 1 aromatic carbocycles. The maximum absolute atomic E-state index is 13.2. The Morgan fingerprint density at radius 3 is 2.96 bits per heavy atom. The summed E-state index contributed by atoms with van der Waals surface area (Å²) in [5.41, 5.74) is 1.43. The second-order valence-corrected chi connectivity index (χ2v) is 6.94. The van der Waals surface area contributed by atoms with Crippen LogP contribution in [0.25, 0.3) is 0 Å². The molecule has 3 rings (SSSR count). The molecule has 1 aliphatic rings. The average Bonchev–Trinajstić information content (AvgIpc) is 2.72. The van der Waals surface area contributed by atoms with Gasteiger partial charge in [0.1, 0.15) is 18.1 Å². The number of morpholine rings is 1. The Morgan fingerprint density at radius 1 is 1.39 bits per heavy atom. The van der Waals surface area contributed by atoms with Crippen LogP contribution in [0.2, 0.25) is 0 Å². The molecule has 1 N–H and O–H groups in total. The molecule has 28 heavy (non-hydrogen) atoms. The van der Waals surface area contributed by atoms with Gasteiger partial charge in [-0.3, -0.25) is 14.6 Å². The molecule has 148 valence electrons. The number of benzene rings is 1. The maximum atomic E-state index is 13.2. The molecular weight excluding hydrogens is 360 g/mol. The fourth-order valence-corrected chi connectivity index (χ4v) is 3.24. The normalized spacial score (nSPS) is 16.8. The molecular formula is C21H24N2O5. The van der Waals surface area contributed by atoms with Crippen molar-refractivity contribution >= 4 is 12.2 Å². The summed E-state index contributed by atoms with van der Waals surface area (Å²) in [5, 5.41) is 9.79. The van der Waals surface area contributed by atoms with E-state index in [0.717, 1.165) is 5.69 Å². The maximum Gasteiger partial charge on any atom is 0.256 e. The molecule has 0 saturated carbocycles. The van der Waals surface area contributed by atoms with E-state index in [4.69, 9.17) is 9.47 Å². The van der Waals surface area contributed by atoms with Crippen LogP contribution >= 0.6 is 0 Å². The fourth-order valence-electron chi connectivity index (χ4n) is 3.24.